The van der Waals surface area contributed by atoms with Crippen molar-refractivity contribution in [3.63, 3.8) is 0 Å². The number of sulfonamides is 1. The molecule has 0 atom stereocenters. The minimum Gasteiger partial charge on any atom is -0.339 e. The summed E-state index contributed by atoms with van der Waals surface area (Å²) in [7, 11) is -3.86. The number of nitrogens with one attached hydrogen (secondary N) is 1. The zero-order valence-electron chi connectivity index (χ0n) is 23.0. The third-order valence-corrected chi connectivity index (χ3v) is 9.23. The summed E-state index contributed by atoms with van der Waals surface area (Å²) < 4.78 is 34.6. The molecule has 0 unspecified atom stereocenters. The Morgan fingerprint density at radius 1 is 1.05 bits per heavy atom. The molecule has 8 nitrogen and oxygen atoms in total. The average Bonchev–Trinajstić information content (AvgIpc) is 3.32. The molecular formula is C29H38N4O4S. The predicted molar refractivity (Wildman–Crippen MR) is 148 cm³/mol. The van der Waals surface area contributed by atoms with Crippen molar-refractivity contribution in [1.82, 2.24) is 14.4 Å². The monoisotopic (exact) mass is 538 g/mol. The van der Waals surface area contributed by atoms with Crippen molar-refractivity contribution in [2.75, 3.05) is 11.9 Å². The Hall–Kier alpha value is -3.04. The van der Waals surface area contributed by atoms with E-state index in [1.54, 1.807) is 0 Å². The summed E-state index contributed by atoms with van der Waals surface area (Å²) in [6.45, 7) is 9.38. The molecule has 1 aromatic heterocycles. The molecule has 1 saturated carbocycles. The van der Waals surface area contributed by atoms with Crippen LogP contribution in [0.15, 0.2) is 45.8 Å². The second kappa shape index (κ2) is 11.8. The number of carbonyl (C=O) groups is 1. The van der Waals surface area contributed by atoms with Gasteiger partial charge in [-0.2, -0.15) is 9.29 Å². The summed E-state index contributed by atoms with van der Waals surface area (Å²) in [6.07, 6.45) is 5.07. The molecular weight excluding hydrogens is 500 g/mol. The largest absolute Gasteiger partial charge is 0.339 e. The number of anilines is 1. The number of amides is 1. The summed E-state index contributed by atoms with van der Waals surface area (Å²) in [5.41, 5.74) is 4.03. The third-order valence-electron chi connectivity index (χ3n) is 7.03. The molecule has 1 amide bonds. The average molecular weight is 539 g/mol. The van der Waals surface area contributed by atoms with Crippen LogP contribution in [0.25, 0.3) is 0 Å². The van der Waals surface area contributed by atoms with Crippen LogP contribution in [-0.4, -0.2) is 41.4 Å². The first kappa shape index (κ1) is 28.0. The number of carbonyl (C=O) groups excluding carboxylic acids is 1. The molecule has 0 aliphatic heterocycles. The standard InChI is InChI=1S/C29H38N4O4S/c1-19(2)29-31-26(32-37-29)17-23-11-13-24(14-12-23)30-27(34)18-33(25-9-7-6-8-10-25)38(35,36)28-21(4)15-20(3)16-22(28)5/h11-16,19,25H,6-10,17-18H2,1-5H3,(H,30,34). The maximum atomic E-state index is 14.0. The smallest absolute Gasteiger partial charge is 0.244 e. The summed E-state index contributed by atoms with van der Waals surface area (Å²) in [6, 6.07) is 11.0. The summed E-state index contributed by atoms with van der Waals surface area (Å²) >= 11 is 0. The fourth-order valence-electron chi connectivity index (χ4n) is 5.27. The van der Waals surface area contributed by atoms with E-state index >= 15 is 0 Å². The molecule has 0 radical (unpaired) electrons. The van der Waals surface area contributed by atoms with Crippen molar-refractivity contribution in [2.24, 2.45) is 0 Å². The molecule has 3 aromatic rings. The zero-order valence-corrected chi connectivity index (χ0v) is 23.8. The van der Waals surface area contributed by atoms with Gasteiger partial charge in [-0.3, -0.25) is 4.79 Å². The van der Waals surface area contributed by atoms with Gasteiger partial charge in [0.15, 0.2) is 5.82 Å². The Labute approximate surface area is 225 Å². The lowest BCUT2D eigenvalue weighted by molar-refractivity contribution is -0.116. The van der Waals surface area contributed by atoms with E-state index in [2.05, 4.69) is 15.5 Å². The molecule has 204 valence electrons. The van der Waals surface area contributed by atoms with E-state index in [1.807, 2.05) is 71.0 Å². The van der Waals surface area contributed by atoms with E-state index in [4.69, 9.17) is 4.52 Å². The molecule has 0 bridgehead atoms. The summed E-state index contributed by atoms with van der Waals surface area (Å²) in [5.74, 6) is 1.04. The Bertz CT molecular complexity index is 1350. The van der Waals surface area contributed by atoms with Crippen LogP contribution in [0.5, 0.6) is 0 Å². The Morgan fingerprint density at radius 3 is 2.26 bits per heavy atom. The van der Waals surface area contributed by atoms with Gasteiger partial charge in [-0.15, -0.1) is 0 Å². The van der Waals surface area contributed by atoms with Crippen LogP contribution in [0.2, 0.25) is 0 Å². The fraction of sp³-hybridized carbons (Fsp3) is 0.483. The lowest BCUT2D eigenvalue weighted by Crippen LogP contribution is -2.46. The number of hydrogen-bond acceptors (Lipinski definition) is 6. The molecule has 1 aliphatic carbocycles. The van der Waals surface area contributed by atoms with Gasteiger partial charge in [0, 0.05) is 24.1 Å². The molecule has 1 fully saturated rings. The van der Waals surface area contributed by atoms with E-state index in [0.717, 1.165) is 43.2 Å². The van der Waals surface area contributed by atoms with E-state index in [9.17, 15) is 13.2 Å². The van der Waals surface area contributed by atoms with Gasteiger partial charge in [0.2, 0.25) is 21.8 Å². The summed E-state index contributed by atoms with van der Waals surface area (Å²) in [4.78, 5) is 17.9. The van der Waals surface area contributed by atoms with Gasteiger partial charge in [0.1, 0.15) is 0 Å². The van der Waals surface area contributed by atoms with Crippen LogP contribution in [0.1, 0.15) is 85.8 Å². The maximum absolute atomic E-state index is 14.0. The van der Waals surface area contributed by atoms with Gasteiger partial charge in [-0.1, -0.05) is 68.1 Å². The van der Waals surface area contributed by atoms with Crippen molar-refractivity contribution in [3.8, 4) is 0 Å². The molecule has 0 spiro atoms. The van der Waals surface area contributed by atoms with Crippen LogP contribution < -0.4 is 5.32 Å². The van der Waals surface area contributed by atoms with Crippen molar-refractivity contribution in [3.05, 3.63) is 70.4 Å². The number of benzene rings is 2. The Kier molecular flexibility index (Phi) is 8.67. The molecule has 4 rings (SSSR count). The van der Waals surface area contributed by atoms with Gasteiger partial charge in [-0.05, 0) is 62.4 Å². The number of rotatable bonds is 9. The quantitative estimate of drug-likeness (QED) is 0.376. The van der Waals surface area contributed by atoms with E-state index in [1.165, 1.54) is 4.31 Å². The van der Waals surface area contributed by atoms with E-state index < -0.39 is 10.0 Å². The van der Waals surface area contributed by atoms with Crippen LogP contribution in [0, 0.1) is 20.8 Å². The SMILES string of the molecule is Cc1cc(C)c(S(=O)(=O)N(CC(=O)Nc2ccc(Cc3noc(C(C)C)n3)cc2)C2CCCCC2)c(C)c1. The maximum Gasteiger partial charge on any atom is 0.244 e. The second-order valence-electron chi connectivity index (χ2n) is 10.7. The van der Waals surface area contributed by atoms with Gasteiger partial charge < -0.3 is 9.84 Å². The van der Waals surface area contributed by atoms with E-state index in [-0.39, 0.29) is 24.4 Å². The highest BCUT2D eigenvalue weighted by Gasteiger charge is 2.35. The highest BCUT2D eigenvalue weighted by Crippen LogP contribution is 2.31. The van der Waals surface area contributed by atoms with Gasteiger partial charge in [0.05, 0.1) is 11.4 Å². The second-order valence-corrected chi connectivity index (χ2v) is 12.5. The van der Waals surface area contributed by atoms with Gasteiger partial charge in [-0.25, -0.2) is 8.42 Å². The number of nitrogens with zero attached hydrogens (tertiary/aromatic N) is 3. The summed E-state index contributed by atoms with van der Waals surface area (Å²) in [5, 5.41) is 6.92. The van der Waals surface area contributed by atoms with Gasteiger partial charge in [0.25, 0.3) is 0 Å². The van der Waals surface area contributed by atoms with E-state index in [0.29, 0.717) is 39.8 Å². The van der Waals surface area contributed by atoms with Crippen LogP contribution >= 0.6 is 0 Å². The van der Waals surface area contributed by atoms with Crippen LogP contribution in [-0.2, 0) is 21.2 Å². The zero-order chi connectivity index (χ0) is 27.4. The normalized spacial score (nSPS) is 14.8. The molecule has 0 saturated heterocycles. The minimum absolute atomic E-state index is 0.171. The molecule has 1 heterocycles. The number of aryl methyl sites for hydroxylation is 3. The topological polar surface area (TPSA) is 105 Å². The lowest BCUT2D eigenvalue weighted by Gasteiger charge is -2.33. The highest BCUT2D eigenvalue weighted by molar-refractivity contribution is 7.89. The Balaban J connectivity index is 1.49. The van der Waals surface area contributed by atoms with Crippen molar-refractivity contribution < 1.29 is 17.7 Å². The lowest BCUT2D eigenvalue weighted by atomic mass is 9.95. The molecule has 2 aromatic carbocycles. The predicted octanol–water partition coefficient (Wildman–Crippen LogP) is 5.67. The first-order chi connectivity index (χ1) is 18.0. The number of hydrogen-bond donors (Lipinski definition) is 1. The molecule has 1 aliphatic rings. The first-order valence-electron chi connectivity index (χ1n) is 13.4. The molecule has 9 heteroatoms. The fourth-order valence-corrected chi connectivity index (χ4v) is 7.33. The molecule has 38 heavy (non-hydrogen) atoms. The third kappa shape index (κ3) is 6.50. The van der Waals surface area contributed by atoms with Crippen LogP contribution in [0.4, 0.5) is 5.69 Å². The van der Waals surface area contributed by atoms with Crippen molar-refractivity contribution in [1.29, 1.82) is 0 Å². The minimum atomic E-state index is -3.86. The number of aromatic nitrogens is 2. The Morgan fingerprint density at radius 2 is 1.68 bits per heavy atom. The van der Waals surface area contributed by atoms with Gasteiger partial charge >= 0.3 is 0 Å². The van der Waals surface area contributed by atoms with Crippen molar-refractivity contribution in [2.45, 2.75) is 90.0 Å². The molecule has 1 N–H and O–H groups in total. The highest BCUT2D eigenvalue weighted by atomic mass is 32.2. The first-order valence-corrected chi connectivity index (χ1v) is 14.8. The van der Waals surface area contributed by atoms with Crippen molar-refractivity contribution >= 4 is 21.6 Å². The van der Waals surface area contributed by atoms with Crippen LogP contribution in [0.3, 0.4) is 0 Å².